The Morgan fingerprint density at radius 2 is 1.61 bits per heavy atom. The summed E-state index contributed by atoms with van der Waals surface area (Å²) < 4.78 is 5.48. The van der Waals surface area contributed by atoms with Gasteiger partial charge in [0.25, 0.3) is 0 Å². The quantitative estimate of drug-likeness (QED) is 0.258. The lowest BCUT2D eigenvalue weighted by molar-refractivity contribution is -0.129. The van der Waals surface area contributed by atoms with Gasteiger partial charge in [-0.3, -0.25) is 0 Å². The van der Waals surface area contributed by atoms with Crippen molar-refractivity contribution < 1.29 is 9.53 Å². The maximum Gasteiger partial charge on any atom is 0.363 e. The number of pyridine rings is 1. The van der Waals surface area contributed by atoms with Gasteiger partial charge in [0, 0.05) is 21.4 Å². The molecule has 1 aliphatic rings. The zero-order valence-electron chi connectivity index (χ0n) is 18.6. The molecule has 5 rings (SSSR count). The average Bonchev–Trinajstić information content (AvgIpc) is 3.16. The smallest absolute Gasteiger partial charge is 0.363 e. The Bertz CT molecular complexity index is 1450. The third-order valence-corrected chi connectivity index (χ3v) is 6.40. The SMILES string of the molecule is Cc1ccc(Sc2nc3ccc(C)cc3cc2/C=C2/N=C(c3cccc(C)c3)OC2=O)cc1. The molecule has 4 aromatic rings. The monoisotopic (exact) mass is 450 g/mol. The molecule has 0 amide bonds. The Balaban J connectivity index is 1.60. The average molecular weight is 451 g/mol. The minimum Gasteiger partial charge on any atom is -0.402 e. The minimum absolute atomic E-state index is 0.270. The van der Waals surface area contributed by atoms with Gasteiger partial charge in [-0.05, 0) is 69.3 Å². The van der Waals surface area contributed by atoms with Gasteiger partial charge in [0.1, 0.15) is 5.03 Å². The number of aryl methyl sites for hydroxylation is 3. The predicted molar refractivity (Wildman–Crippen MR) is 134 cm³/mol. The number of ether oxygens (including phenoxy) is 1. The Hall–Kier alpha value is -3.70. The minimum atomic E-state index is -0.456. The molecule has 5 heteroatoms. The molecule has 0 aliphatic carbocycles. The normalized spacial score (nSPS) is 14.6. The van der Waals surface area contributed by atoms with Gasteiger partial charge in [-0.2, -0.15) is 0 Å². The highest BCUT2D eigenvalue weighted by Crippen LogP contribution is 2.33. The van der Waals surface area contributed by atoms with Gasteiger partial charge < -0.3 is 4.74 Å². The number of rotatable bonds is 4. The standard InChI is InChI=1S/C28H22N2O2S/c1-17-7-10-23(11-8-17)33-27-22(15-21-14-19(3)9-12-24(21)30-27)16-25-28(31)32-26(29-25)20-6-4-5-18(2)13-20/h4-16H,1-3H3/b25-16+. The van der Waals surface area contributed by atoms with Crippen molar-refractivity contribution in [2.45, 2.75) is 30.7 Å². The Morgan fingerprint density at radius 3 is 2.39 bits per heavy atom. The van der Waals surface area contributed by atoms with Crippen LogP contribution in [0.4, 0.5) is 0 Å². The van der Waals surface area contributed by atoms with Crippen molar-refractivity contribution >= 4 is 40.6 Å². The van der Waals surface area contributed by atoms with Crippen molar-refractivity contribution in [3.8, 4) is 0 Å². The van der Waals surface area contributed by atoms with E-state index >= 15 is 0 Å². The molecule has 0 fully saturated rings. The van der Waals surface area contributed by atoms with Crippen LogP contribution in [0.5, 0.6) is 0 Å². The maximum atomic E-state index is 12.6. The van der Waals surface area contributed by atoms with Gasteiger partial charge in [0.15, 0.2) is 5.70 Å². The third-order valence-electron chi connectivity index (χ3n) is 5.38. The molecule has 0 unspecified atom stereocenters. The van der Waals surface area contributed by atoms with Crippen molar-refractivity contribution in [1.29, 1.82) is 0 Å². The summed E-state index contributed by atoms with van der Waals surface area (Å²) >= 11 is 1.57. The second kappa shape index (κ2) is 8.68. The van der Waals surface area contributed by atoms with Crippen molar-refractivity contribution in [2.24, 2.45) is 4.99 Å². The number of benzene rings is 3. The summed E-state index contributed by atoms with van der Waals surface area (Å²) in [5.41, 5.74) is 6.24. The van der Waals surface area contributed by atoms with Crippen molar-refractivity contribution in [2.75, 3.05) is 0 Å². The van der Waals surface area contributed by atoms with Gasteiger partial charge in [-0.25, -0.2) is 14.8 Å². The second-order valence-corrected chi connectivity index (χ2v) is 9.26. The second-order valence-electron chi connectivity index (χ2n) is 8.20. The number of esters is 1. The van der Waals surface area contributed by atoms with Crippen LogP contribution in [0.15, 0.2) is 93.4 Å². The number of carbonyl (C=O) groups excluding carboxylic acids is 1. The molecule has 0 spiro atoms. The molecule has 2 heterocycles. The van der Waals surface area contributed by atoms with E-state index in [1.54, 1.807) is 17.8 Å². The molecule has 162 valence electrons. The first-order valence-electron chi connectivity index (χ1n) is 10.7. The van der Waals surface area contributed by atoms with E-state index in [1.807, 2.05) is 37.3 Å². The Morgan fingerprint density at radius 1 is 0.848 bits per heavy atom. The highest BCUT2D eigenvalue weighted by atomic mass is 32.2. The van der Waals surface area contributed by atoms with Crippen LogP contribution in [0.25, 0.3) is 17.0 Å². The molecule has 1 aromatic heterocycles. The van der Waals surface area contributed by atoms with Gasteiger partial charge in [0.2, 0.25) is 5.90 Å². The van der Waals surface area contributed by atoms with Crippen molar-refractivity contribution in [3.63, 3.8) is 0 Å². The maximum absolute atomic E-state index is 12.6. The largest absolute Gasteiger partial charge is 0.402 e. The molecule has 3 aromatic carbocycles. The van der Waals surface area contributed by atoms with E-state index in [2.05, 4.69) is 61.3 Å². The number of aromatic nitrogens is 1. The molecule has 33 heavy (non-hydrogen) atoms. The van der Waals surface area contributed by atoms with E-state index in [-0.39, 0.29) is 5.70 Å². The summed E-state index contributed by atoms with van der Waals surface area (Å²) in [6.45, 7) is 6.12. The molecule has 0 saturated carbocycles. The van der Waals surface area contributed by atoms with Gasteiger partial charge in [-0.1, -0.05) is 58.8 Å². The molecule has 0 atom stereocenters. The molecule has 0 N–H and O–H groups in total. The highest BCUT2D eigenvalue weighted by Gasteiger charge is 2.25. The molecule has 0 bridgehead atoms. The lowest BCUT2D eigenvalue weighted by Crippen LogP contribution is -2.05. The summed E-state index contributed by atoms with van der Waals surface area (Å²) in [5.74, 6) is -0.130. The van der Waals surface area contributed by atoms with E-state index in [0.717, 1.165) is 43.1 Å². The van der Waals surface area contributed by atoms with Crippen LogP contribution >= 0.6 is 11.8 Å². The van der Waals surface area contributed by atoms with E-state index in [0.29, 0.717) is 5.90 Å². The molecule has 4 nitrogen and oxygen atoms in total. The molecule has 0 saturated heterocycles. The molecule has 0 radical (unpaired) electrons. The van der Waals surface area contributed by atoms with Crippen molar-refractivity contribution in [1.82, 2.24) is 4.98 Å². The fourth-order valence-electron chi connectivity index (χ4n) is 3.66. The molecular weight excluding hydrogens is 428 g/mol. The van der Waals surface area contributed by atoms with Crippen LogP contribution in [0.1, 0.15) is 27.8 Å². The van der Waals surface area contributed by atoms with Crippen LogP contribution in [-0.2, 0) is 9.53 Å². The van der Waals surface area contributed by atoms with E-state index in [1.165, 1.54) is 5.56 Å². The zero-order valence-corrected chi connectivity index (χ0v) is 19.4. The zero-order chi connectivity index (χ0) is 22.9. The molecular formula is C28H22N2O2S. The number of nitrogens with zero attached hydrogens (tertiary/aromatic N) is 2. The third kappa shape index (κ3) is 4.59. The van der Waals surface area contributed by atoms with Crippen LogP contribution in [0.2, 0.25) is 0 Å². The van der Waals surface area contributed by atoms with Crippen LogP contribution in [0, 0.1) is 20.8 Å². The Kier molecular flexibility index (Phi) is 5.56. The van der Waals surface area contributed by atoms with Gasteiger partial charge in [-0.15, -0.1) is 0 Å². The lowest BCUT2D eigenvalue weighted by atomic mass is 10.1. The molecule has 1 aliphatic heterocycles. The summed E-state index contributed by atoms with van der Waals surface area (Å²) in [7, 11) is 0. The first-order valence-corrected chi connectivity index (χ1v) is 11.5. The number of cyclic esters (lactones) is 1. The fraction of sp³-hybridized carbons (Fsp3) is 0.107. The van der Waals surface area contributed by atoms with E-state index in [9.17, 15) is 4.79 Å². The fourth-order valence-corrected chi connectivity index (χ4v) is 4.53. The topological polar surface area (TPSA) is 51.6 Å². The number of hydrogen-bond donors (Lipinski definition) is 0. The van der Waals surface area contributed by atoms with E-state index < -0.39 is 5.97 Å². The number of aliphatic imine (C=N–C) groups is 1. The lowest BCUT2D eigenvalue weighted by Gasteiger charge is -2.09. The summed E-state index contributed by atoms with van der Waals surface area (Å²) in [6.07, 6.45) is 1.77. The number of fused-ring (bicyclic) bond motifs is 1. The summed E-state index contributed by atoms with van der Waals surface area (Å²) in [5, 5.41) is 1.83. The Labute approximate surface area is 197 Å². The summed E-state index contributed by atoms with van der Waals surface area (Å²) in [4.78, 5) is 23.1. The number of hydrogen-bond acceptors (Lipinski definition) is 5. The first kappa shape index (κ1) is 21.2. The van der Waals surface area contributed by atoms with Gasteiger partial charge >= 0.3 is 5.97 Å². The van der Waals surface area contributed by atoms with Gasteiger partial charge in [0.05, 0.1) is 5.52 Å². The van der Waals surface area contributed by atoms with Crippen LogP contribution in [-0.4, -0.2) is 16.9 Å². The first-order chi connectivity index (χ1) is 15.9. The predicted octanol–water partition coefficient (Wildman–Crippen LogP) is 6.66. The summed E-state index contributed by atoms with van der Waals surface area (Å²) in [6, 6.07) is 24.3. The highest BCUT2D eigenvalue weighted by molar-refractivity contribution is 7.99. The van der Waals surface area contributed by atoms with E-state index in [4.69, 9.17) is 9.72 Å². The van der Waals surface area contributed by atoms with Crippen LogP contribution in [0.3, 0.4) is 0 Å². The number of carbonyl (C=O) groups is 1. The van der Waals surface area contributed by atoms with Crippen LogP contribution < -0.4 is 0 Å². The van der Waals surface area contributed by atoms with Crippen molar-refractivity contribution in [3.05, 3.63) is 106 Å².